The molecule has 35 heavy (non-hydrogen) atoms. The van der Waals surface area contributed by atoms with E-state index in [9.17, 15) is 14.0 Å². The Balaban J connectivity index is 1.51. The molecule has 2 aromatic carbocycles. The first-order valence-electron chi connectivity index (χ1n) is 11.5. The van der Waals surface area contributed by atoms with Gasteiger partial charge in [-0.15, -0.1) is 0 Å². The summed E-state index contributed by atoms with van der Waals surface area (Å²) in [7, 11) is 1.67. The number of pyridine rings is 1. The molecule has 182 valence electrons. The van der Waals surface area contributed by atoms with E-state index < -0.39 is 5.56 Å². The number of hydrogen-bond acceptors (Lipinski definition) is 6. The minimum Gasteiger partial charge on any atom is -0.384 e. The number of aromatic nitrogens is 1. The highest BCUT2D eigenvalue weighted by atomic mass is 19.1. The molecule has 1 saturated heterocycles. The van der Waals surface area contributed by atoms with E-state index in [0.717, 1.165) is 6.42 Å². The third kappa shape index (κ3) is 5.30. The maximum Gasteiger partial charge on any atom is 0.258 e. The quantitative estimate of drug-likeness (QED) is 0.308. The van der Waals surface area contributed by atoms with Crippen molar-refractivity contribution in [2.45, 2.75) is 19.8 Å². The molecule has 3 aromatic rings. The number of nitrogens with one attached hydrogen (secondary N) is 1. The first-order chi connectivity index (χ1) is 16.9. The van der Waals surface area contributed by atoms with Crippen LogP contribution >= 0.6 is 0 Å². The van der Waals surface area contributed by atoms with Crippen LogP contribution < -0.4 is 11.4 Å². The molecule has 1 aliphatic heterocycles. The van der Waals surface area contributed by atoms with Crippen LogP contribution in [0, 0.1) is 11.7 Å². The second-order valence-electron chi connectivity index (χ2n) is 8.58. The van der Waals surface area contributed by atoms with Gasteiger partial charge in [0.2, 0.25) is 0 Å². The predicted molar refractivity (Wildman–Crippen MR) is 135 cm³/mol. The molecule has 2 heterocycles. The van der Waals surface area contributed by atoms with Crippen molar-refractivity contribution in [3.63, 3.8) is 0 Å². The van der Waals surface area contributed by atoms with E-state index in [1.807, 2.05) is 11.8 Å². The zero-order valence-corrected chi connectivity index (χ0v) is 19.8. The van der Waals surface area contributed by atoms with Crippen LogP contribution in [-0.4, -0.2) is 54.5 Å². The number of ether oxygens (including phenoxy) is 1. The van der Waals surface area contributed by atoms with Gasteiger partial charge in [0, 0.05) is 42.6 Å². The molecule has 9 heteroatoms. The van der Waals surface area contributed by atoms with Gasteiger partial charge in [-0.2, -0.15) is 5.10 Å². The van der Waals surface area contributed by atoms with E-state index in [-0.39, 0.29) is 23.0 Å². The number of fused-ring (bicyclic) bond motifs is 1. The fraction of sp³-hybridized carbons (Fsp3) is 0.308. The summed E-state index contributed by atoms with van der Waals surface area (Å²) in [4.78, 5) is 34.3. The van der Waals surface area contributed by atoms with E-state index in [0.29, 0.717) is 59.8 Å². The van der Waals surface area contributed by atoms with Crippen LogP contribution in [0.3, 0.4) is 0 Å². The predicted octanol–water partition coefficient (Wildman–Crippen LogP) is 3.40. The maximum absolute atomic E-state index is 14.2. The maximum atomic E-state index is 14.2. The van der Waals surface area contributed by atoms with E-state index in [1.54, 1.807) is 43.5 Å². The first kappa shape index (κ1) is 24.3. The van der Waals surface area contributed by atoms with Crippen LogP contribution in [0.4, 0.5) is 10.1 Å². The van der Waals surface area contributed by atoms with Crippen molar-refractivity contribution in [3.05, 3.63) is 75.3 Å². The number of benzene rings is 2. The van der Waals surface area contributed by atoms with Crippen LogP contribution in [0.25, 0.3) is 10.9 Å². The normalized spacial score (nSPS) is 16.5. The van der Waals surface area contributed by atoms with Gasteiger partial charge in [-0.1, -0.05) is 6.92 Å². The minimum absolute atomic E-state index is 0.0236. The Hall–Kier alpha value is -3.85. The Morgan fingerprint density at radius 1 is 1.29 bits per heavy atom. The van der Waals surface area contributed by atoms with Gasteiger partial charge in [0.25, 0.3) is 11.5 Å². The summed E-state index contributed by atoms with van der Waals surface area (Å²) in [5.41, 5.74) is 2.13. The molecule has 1 unspecified atom stereocenters. The molecule has 1 aliphatic rings. The average molecular weight is 478 g/mol. The minimum atomic E-state index is -0.403. The monoisotopic (exact) mass is 477 g/mol. The van der Waals surface area contributed by atoms with Crippen molar-refractivity contribution in [2.24, 2.45) is 21.9 Å². The molecule has 0 aliphatic carbocycles. The van der Waals surface area contributed by atoms with Gasteiger partial charge in [-0.3, -0.25) is 14.6 Å². The van der Waals surface area contributed by atoms with E-state index >= 15 is 0 Å². The lowest BCUT2D eigenvalue weighted by molar-refractivity contribution is 0.0775. The molecule has 0 bridgehead atoms. The van der Waals surface area contributed by atoms with Gasteiger partial charge < -0.3 is 20.5 Å². The average Bonchev–Trinajstić information content (AvgIpc) is 3.33. The summed E-state index contributed by atoms with van der Waals surface area (Å²) in [5.74, 6) is 5.54. The zero-order valence-electron chi connectivity index (χ0n) is 19.8. The van der Waals surface area contributed by atoms with Crippen molar-refractivity contribution in [1.29, 1.82) is 0 Å². The van der Waals surface area contributed by atoms with Gasteiger partial charge in [0.05, 0.1) is 24.1 Å². The molecule has 4 rings (SSSR count). The number of H-pyrrole nitrogens is 1. The number of amides is 1. The van der Waals surface area contributed by atoms with Crippen molar-refractivity contribution in [3.8, 4) is 0 Å². The smallest absolute Gasteiger partial charge is 0.258 e. The number of aryl methyl sites for hydroxylation is 1. The summed E-state index contributed by atoms with van der Waals surface area (Å²) < 4.78 is 19.4. The second kappa shape index (κ2) is 10.6. The summed E-state index contributed by atoms with van der Waals surface area (Å²) in [6, 6.07) is 11.4. The number of nitrogens with two attached hydrogens (primary N) is 1. The van der Waals surface area contributed by atoms with Gasteiger partial charge in [-0.05, 0) is 60.9 Å². The fourth-order valence-electron chi connectivity index (χ4n) is 4.30. The van der Waals surface area contributed by atoms with E-state index in [1.165, 1.54) is 12.3 Å². The molecule has 3 N–H and O–H groups in total. The number of rotatable bonds is 7. The lowest BCUT2D eigenvalue weighted by Gasteiger charge is -2.16. The lowest BCUT2D eigenvalue weighted by atomic mass is 10.1. The molecular formula is C26H28FN5O3. The van der Waals surface area contributed by atoms with Crippen LogP contribution in [0.1, 0.15) is 34.8 Å². The number of hydrazone groups is 1. The van der Waals surface area contributed by atoms with Gasteiger partial charge in [0.1, 0.15) is 11.5 Å². The van der Waals surface area contributed by atoms with Crippen LogP contribution in [0.15, 0.2) is 57.4 Å². The molecule has 1 aromatic heterocycles. The number of aromatic amines is 1. The van der Waals surface area contributed by atoms with Gasteiger partial charge in [-0.25, -0.2) is 4.39 Å². The molecule has 8 nitrogen and oxygen atoms in total. The number of aliphatic imine (C=N–C) groups is 1. The Morgan fingerprint density at radius 3 is 2.74 bits per heavy atom. The third-order valence-electron chi connectivity index (χ3n) is 6.23. The van der Waals surface area contributed by atoms with Crippen LogP contribution in [0.5, 0.6) is 0 Å². The molecular weight excluding hydrogens is 449 g/mol. The zero-order chi connectivity index (χ0) is 24.9. The molecule has 0 saturated carbocycles. The Labute approximate surface area is 202 Å². The van der Waals surface area contributed by atoms with Gasteiger partial charge in [0.15, 0.2) is 0 Å². The molecule has 1 fully saturated rings. The number of hydrogen-bond donors (Lipinski definition) is 2. The number of methoxy groups -OCH3 is 1. The summed E-state index contributed by atoms with van der Waals surface area (Å²) in [6.45, 7) is 3.90. The SMILES string of the molecule is CCc1cc2[nH]c(=O)c(C(C=Nc3ccc(C(=O)N4CCC(COC)C4)cc3)=NN)cc2cc1F. The summed E-state index contributed by atoms with van der Waals surface area (Å²) >= 11 is 0. The molecule has 0 spiro atoms. The van der Waals surface area contributed by atoms with Crippen LogP contribution in [-0.2, 0) is 11.2 Å². The highest BCUT2D eigenvalue weighted by Crippen LogP contribution is 2.21. The molecule has 0 radical (unpaired) electrons. The topological polar surface area (TPSA) is 113 Å². The Kier molecular flexibility index (Phi) is 7.36. The summed E-state index contributed by atoms with van der Waals surface area (Å²) in [5, 5.41) is 4.23. The largest absolute Gasteiger partial charge is 0.384 e. The number of carbonyl (C=O) groups excluding carboxylic acids is 1. The van der Waals surface area contributed by atoms with E-state index in [2.05, 4.69) is 15.1 Å². The number of likely N-dealkylation sites (tertiary alicyclic amines) is 1. The highest BCUT2D eigenvalue weighted by Gasteiger charge is 2.26. The lowest BCUT2D eigenvalue weighted by Crippen LogP contribution is -2.29. The summed E-state index contributed by atoms with van der Waals surface area (Å²) in [6.07, 6.45) is 2.83. The third-order valence-corrected chi connectivity index (χ3v) is 6.23. The standard InChI is InChI=1S/C26H28FN5O3/c1-3-17-12-23-19(11-22(17)27)10-21(25(33)30-23)24(31-28)13-29-20-6-4-18(5-7-20)26(34)32-9-8-16(14-32)15-35-2/h4-7,10-13,16H,3,8-9,14-15,28H2,1-2H3,(H,30,33). The molecule has 1 amide bonds. The fourth-order valence-corrected chi connectivity index (χ4v) is 4.30. The Morgan fingerprint density at radius 2 is 2.06 bits per heavy atom. The number of halogens is 1. The van der Waals surface area contributed by atoms with Crippen molar-refractivity contribution >= 4 is 34.4 Å². The number of carbonyl (C=O) groups is 1. The second-order valence-corrected chi connectivity index (χ2v) is 8.58. The van der Waals surface area contributed by atoms with Gasteiger partial charge >= 0.3 is 0 Å². The van der Waals surface area contributed by atoms with Crippen molar-refractivity contribution in [2.75, 3.05) is 26.8 Å². The highest BCUT2D eigenvalue weighted by molar-refractivity contribution is 6.38. The van der Waals surface area contributed by atoms with E-state index in [4.69, 9.17) is 10.6 Å². The van der Waals surface area contributed by atoms with Crippen molar-refractivity contribution in [1.82, 2.24) is 9.88 Å². The Bertz CT molecular complexity index is 1350. The van der Waals surface area contributed by atoms with Crippen molar-refractivity contribution < 1.29 is 13.9 Å². The number of nitrogens with zero attached hydrogens (tertiary/aromatic N) is 3. The molecule has 1 atom stereocenters. The van der Waals surface area contributed by atoms with Crippen LogP contribution in [0.2, 0.25) is 0 Å². The first-order valence-corrected chi connectivity index (χ1v) is 11.5.